The number of benzene rings is 1. The van der Waals surface area contributed by atoms with Crippen molar-refractivity contribution >= 4 is 34.9 Å². The van der Waals surface area contributed by atoms with Gasteiger partial charge in [-0.1, -0.05) is 30.4 Å². The summed E-state index contributed by atoms with van der Waals surface area (Å²) >= 11 is 0. The van der Waals surface area contributed by atoms with Crippen molar-refractivity contribution in [1.82, 2.24) is 9.58 Å². The first-order valence-corrected chi connectivity index (χ1v) is 9.92. The van der Waals surface area contributed by atoms with E-state index in [1.54, 1.807) is 17.7 Å². The Labute approximate surface area is 167 Å². The van der Waals surface area contributed by atoms with Gasteiger partial charge in [0.1, 0.15) is 6.54 Å². The number of carbonyl (C=O) groups is 3. The van der Waals surface area contributed by atoms with Crippen LogP contribution in [0.15, 0.2) is 47.7 Å². The average molecular weight is 391 g/mol. The second kappa shape index (κ2) is 6.69. The molecule has 4 atom stereocenters. The molecule has 1 saturated heterocycles. The Morgan fingerprint density at radius 3 is 2.55 bits per heavy atom. The van der Waals surface area contributed by atoms with Crippen molar-refractivity contribution in [3.05, 3.63) is 48.2 Å². The van der Waals surface area contributed by atoms with Gasteiger partial charge in [0, 0.05) is 22.7 Å². The van der Waals surface area contributed by atoms with Gasteiger partial charge in [0.2, 0.25) is 0 Å². The number of hydrogen-bond donors (Lipinski definition) is 0. The number of esters is 1. The molecule has 3 aliphatic rings. The van der Waals surface area contributed by atoms with Gasteiger partial charge in [0.25, 0.3) is 11.8 Å². The first kappa shape index (κ1) is 17.8. The number of imide groups is 1. The van der Waals surface area contributed by atoms with E-state index in [9.17, 15) is 14.4 Å². The van der Waals surface area contributed by atoms with Gasteiger partial charge in [-0.2, -0.15) is 10.1 Å². The number of hydrazone groups is 1. The number of nitrogens with zero attached hydrogens (tertiary/aromatic N) is 3. The van der Waals surface area contributed by atoms with E-state index in [2.05, 4.69) is 17.3 Å². The maximum absolute atomic E-state index is 12.8. The SMILES string of the molecule is CCOC(=O)Cn1cc(C=NN2C(=O)[C@@H]3[C@H](C2=O)[C@H]2C=C[C@H]3C2)c2ccccc21. The summed E-state index contributed by atoms with van der Waals surface area (Å²) in [5, 5.41) is 6.20. The number of hydrogen-bond acceptors (Lipinski definition) is 5. The van der Waals surface area contributed by atoms with Gasteiger partial charge in [0.05, 0.1) is 24.7 Å². The van der Waals surface area contributed by atoms with Crippen LogP contribution in [0.3, 0.4) is 0 Å². The second-order valence-electron chi connectivity index (χ2n) is 7.77. The first-order valence-electron chi connectivity index (χ1n) is 9.92. The maximum atomic E-state index is 12.8. The molecule has 2 heterocycles. The van der Waals surface area contributed by atoms with Crippen molar-refractivity contribution in [2.75, 3.05) is 6.61 Å². The smallest absolute Gasteiger partial charge is 0.325 e. The minimum Gasteiger partial charge on any atom is -0.465 e. The molecule has 0 radical (unpaired) electrons. The quantitative estimate of drug-likeness (QED) is 0.339. The monoisotopic (exact) mass is 391 g/mol. The van der Waals surface area contributed by atoms with E-state index in [0.29, 0.717) is 6.61 Å². The number of allylic oxidation sites excluding steroid dienone is 2. The number of fused-ring (bicyclic) bond motifs is 6. The van der Waals surface area contributed by atoms with Gasteiger partial charge in [-0.25, -0.2) is 0 Å². The number of amides is 2. The normalized spacial score (nSPS) is 27.6. The molecular weight excluding hydrogens is 370 g/mol. The summed E-state index contributed by atoms with van der Waals surface area (Å²) in [4.78, 5) is 37.5. The average Bonchev–Trinajstić information content (AvgIpc) is 3.45. The van der Waals surface area contributed by atoms with Crippen molar-refractivity contribution in [1.29, 1.82) is 0 Å². The Kier molecular flexibility index (Phi) is 4.12. The maximum Gasteiger partial charge on any atom is 0.325 e. The van der Waals surface area contributed by atoms with E-state index in [-0.39, 0.29) is 48.0 Å². The lowest BCUT2D eigenvalue weighted by atomic mass is 9.85. The van der Waals surface area contributed by atoms with Crippen LogP contribution in [0.2, 0.25) is 0 Å². The molecule has 0 unspecified atom stereocenters. The number of aromatic nitrogens is 1. The van der Waals surface area contributed by atoms with Crippen LogP contribution < -0.4 is 0 Å². The van der Waals surface area contributed by atoms with Crippen molar-refractivity contribution in [2.24, 2.45) is 28.8 Å². The van der Waals surface area contributed by atoms with Crippen LogP contribution in [0.4, 0.5) is 0 Å². The molecule has 2 amide bonds. The minimum absolute atomic E-state index is 0.0863. The van der Waals surface area contributed by atoms with Gasteiger partial charge in [-0.3, -0.25) is 14.4 Å². The Morgan fingerprint density at radius 1 is 1.17 bits per heavy atom. The predicted octanol–water partition coefficient (Wildman–Crippen LogP) is 2.35. The van der Waals surface area contributed by atoms with Crippen LogP contribution in [0.1, 0.15) is 18.9 Å². The molecule has 7 nitrogen and oxygen atoms in total. The van der Waals surface area contributed by atoms with Crippen molar-refractivity contribution in [3.63, 3.8) is 0 Å². The lowest BCUT2D eigenvalue weighted by Crippen LogP contribution is -2.28. The highest BCUT2D eigenvalue weighted by molar-refractivity contribution is 6.07. The Morgan fingerprint density at radius 2 is 1.86 bits per heavy atom. The molecule has 2 fully saturated rings. The zero-order valence-electron chi connectivity index (χ0n) is 16.0. The van der Waals surface area contributed by atoms with Gasteiger partial charge in [-0.05, 0) is 31.2 Å². The summed E-state index contributed by atoms with van der Waals surface area (Å²) in [6, 6.07) is 7.62. The molecule has 2 aromatic rings. The van der Waals surface area contributed by atoms with Crippen molar-refractivity contribution < 1.29 is 19.1 Å². The van der Waals surface area contributed by atoms with Gasteiger partial charge in [-0.15, -0.1) is 0 Å². The highest BCUT2D eigenvalue weighted by Crippen LogP contribution is 2.52. The third-order valence-corrected chi connectivity index (χ3v) is 6.18. The van der Waals surface area contributed by atoms with Crippen LogP contribution in [-0.4, -0.2) is 40.2 Å². The van der Waals surface area contributed by atoms with E-state index >= 15 is 0 Å². The Bertz CT molecular complexity index is 1050. The fourth-order valence-electron chi connectivity index (χ4n) is 4.97. The van der Waals surface area contributed by atoms with E-state index in [4.69, 9.17) is 4.74 Å². The topological polar surface area (TPSA) is 81.0 Å². The molecule has 1 aromatic carbocycles. The molecule has 1 aliphatic heterocycles. The molecule has 2 bridgehead atoms. The highest BCUT2D eigenvalue weighted by Gasteiger charge is 2.59. The molecule has 5 rings (SSSR count). The molecule has 1 saturated carbocycles. The number of carbonyl (C=O) groups excluding carboxylic acids is 3. The van der Waals surface area contributed by atoms with E-state index in [1.165, 1.54) is 6.21 Å². The molecule has 2 aliphatic carbocycles. The van der Waals surface area contributed by atoms with Crippen molar-refractivity contribution in [2.45, 2.75) is 19.9 Å². The second-order valence-corrected chi connectivity index (χ2v) is 7.77. The molecule has 148 valence electrons. The summed E-state index contributed by atoms with van der Waals surface area (Å²) < 4.78 is 6.84. The fraction of sp³-hybridized carbons (Fsp3) is 0.364. The number of para-hydroxylation sites is 1. The van der Waals surface area contributed by atoms with Crippen LogP contribution in [0.5, 0.6) is 0 Å². The third-order valence-electron chi connectivity index (χ3n) is 6.18. The number of ether oxygens (including phenoxy) is 1. The Hall–Kier alpha value is -3.22. The lowest BCUT2D eigenvalue weighted by molar-refractivity contribution is -0.144. The zero-order valence-corrected chi connectivity index (χ0v) is 16.0. The molecular formula is C22H21N3O4. The summed E-state index contributed by atoms with van der Waals surface area (Å²) in [5.41, 5.74) is 1.60. The molecule has 0 spiro atoms. The van der Waals surface area contributed by atoms with E-state index in [0.717, 1.165) is 27.9 Å². The summed E-state index contributed by atoms with van der Waals surface area (Å²) in [5.74, 6) is -0.940. The third kappa shape index (κ3) is 2.72. The van der Waals surface area contributed by atoms with Crippen LogP contribution >= 0.6 is 0 Å². The predicted molar refractivity (Wildman–Crippen MR) is 106 cm³/mol. The standard InChI is InChI=1S/C22H21N3O4/c1-2-29-18(26)12-24-11-15(16-5-3-4-6-17(16)24)10-23-25-21(27)19-13-7-8-14(9-13)20(19)22(25)28/h3-8,10-11,13-14,19-20H,2,9,12H2,1H3/t13-,14-,19-,20+/m0/s1. The van der Waals surface area contributed by atoms with Gasteiger partial charge < -0.3 is 9.30 Å². The Balaban J connectivity index is 1.43. The lowest BCUT2D eigenvalue weighted by Gasteiger charge is -2.13. The molecule has 0 N–H and O–H groups in total. The van der Waals surface area contributed by atoms with E-state index < -0.39 is 0 Å². The zero-order chi connectivity index (χ0) is 20.1. The first-order chi connectivity index (χ1) is 14.1. The van der Waals surface area contributed by atoms with Gasteiger partial charge >= 0.3 is 5.97 Å². The number of rotatable bonds is 5. The molecule has 1 aromatic heterocycles. The van der Waals surface area contributed by atoms with E-state index in [1.807, 2.05) is 24.3 Å². The largest absolute Gasteiger partial charge is 0.465 e. The van der Waals surface area contributed by atoms with Crippen molar-refractivity contribution in [3.8, 4) is 0 Å². The molecule has 29 heavy (non-hydrogen) atoms. The van der Waals surface area contributed by atoms with Crippen LogP contribution in [0, 0.1) is 23.7 Å². The highest BCUT2D eigenvalue weighted by atomic mass is 16.5. The van der Waals surface area contributed by atoms with Gasteiger partial charge in [0.15, 0.2) is 0 Å². The van der Waals surface area contributed by atoms with Crippen LogP contribution in [0.25, 0.3) is 10.9 Å². The fourth-order valence-corrected chi connectivity index (χ4v) is 4.97. The molecule has 7 heteroatoms. The summed E-state index contributed by atoms with van der Waals surface area (Å²) in [6.07, 6.45) is 8.35. The van der Waals surface area contributed by atoms with Crippen LogP contribution in [-0.2, 0) is 25.7 Å². The minimum atomic E-state index is -0.322. The summed E-state index contributed by atoms with van der Waals surface area (Å²) in [6.45, 7) is 2.18. The summed E-state index contributed by atoms with van der Waals surface area (Å²) in [7, 11) is 0.